The molecule has 0 spiro atoms. The molecule has 0 aromatic carbocycles. The second-order valence-electron chi connectivity index (χ2n) is 6.14. The fraction of sp³-hybridized carbons (Fsp3) is 0.643. The molecule has 20 heavy (non-hydrogen) atoms. The molecular formula is C14H23N5S. The highest BCUT2D eigenvalue weighted by atomic mass is 32.1. The zero-order valence-electron chi connectivity index (χ0n) is 12.8. The number of rotatable bonds is 5. The van der Waals surface area contributed by atoms with E-state index in [4.69, 9.17) is 0 Å². The topological polar surface area (TPSA) is 55.6 Å². The fourth-order valence-electron chi connectivity index (χ4n) is 2.26. The minimum atomic E-state index is 0.0335. The second-order valence-corrected chi connectivity index (χ2v) is 6.92. The van der Waals surface area contributed by atoms with Crippen molar-refractivity contribution in [1.29, 1.82) is 0 Å². The summed E-state index contributed by atoms with van der Waals surface area (Å²) < 4.78 is 6.00. The molecule has 0 saturated carbocycles. The molecule has 0 bridgehead atoms. The molecule has 0 radical (unpaired) electrons. The van der Waals surface area contributed by atoms with Gasteiger partial charge in [0.1, 0.15) is 0 Å². The highest BCUT2D eigenvalue weighted by molar-refractivity contribution is 7.05. The summed E-state index contributed by atoms with van der Waals surface area (Å²) >= 11 is 1.51. The van der Waals surface area contributed by atoms with Crippen LogP contribution in [0.3, 0.4) is 0 Å². The summed E-state index contributed by atoms with van der Waals surface area (Å²) in [5, 5.41) is 11.9. The maximum atomic E-state index is 4.33. The highest BCUT2D eigenvalue weighted by Gasteiger charge is 2.26. The predicted molar refractivity (Wildman–Crippen MR) is 81.9 cm³/mol. The summed E-state index contributed by atoms with van der Waals surface area (Å²) in [5.74, 6) is 0. The number of nitrogens with zero attached hydrogens (tertiary/aromatic N) is 4. The van der Waals surface area contributed by atoms with Crippen LogP contribution in [-0.4, -0.2) is 26.4 Å². The Labute approximate surface area is 124 Å². The van der Waals surface area contributed by atoms with Crippen LogP contribution in [0.5, 0.6) is 0 Å². The lowest BCUT2D eigenvalue weighted by atomic mass is 9.89. The van der Waals surface area contributed by atoms with Gasteiger partial charge >= 0.3 is 0 Å². The molecule has 110 valence electrons. The molecule has 0 aliphatic carbocycles. The van der Waals surface area contributed by atoms with Crippen LogP contribution in [0.25, 0.3) is 0 Å². The second kappa shape index (κ2) is 6.01. The minimum absolute atomic E-state index is 0.0335. The molecule has 6 heteroatoms. The summed E-state index contributed by atoms with van der Waals surface area (Å²) in [6.07, 6.45) is 6.03. The summed E-state index contributed by atoms with van der Waals surface area (Å²) in [5.41, 5.74) is 2.40. The maximum Gasteiger partial charge on any atom is 0.0857 e. The predicted octanol–water partition coefficient (Wildman–Crippen LogP) is 2.46. The Morgan fingerprint density at radius 2 is 2.15 bits per heavy atom. The van der Waals surface area contributed by atoms with Crippen molar-refractivity contribution in [3.05, 3.63) is 28.5 Å². The number of aromatic nitrogens is 4. The summed E-state index contributed by atoms with van der Waals surface area (Å²) in [6.45, 7) is 6.54. The van der Waals surface area contributed by atoms with E-state index in [1.165, 1.54) is 22.0 Å². The van der Waals surface area contributed by atoms with Crippen LogP contribution in [0.1, 0.15) is 49.4 Å². The van der Waals surface area contributed by atoms with Gasteiger partial charge in [0.05, 0.1) is 16.8 Å². The highest BCUT2D eigenvalue weighted by Crippen LogP contribution is 2.32. The number of aryl methyl sites for hydroxylation is 2. The van der Waals surface area contributed by atoms with E-state index in [2.05, 4.69) is 47.0 Å². The van der Waals surface area contributed by atoms with E-state index in [0.29, 0.717) is 6.04 Å². The van der Waals surface area contributed by atoms with Gasteiger partial charge < -0.3 is 5.32 Å². The van der Waals surface area contributed by atoms with Crippen LogP contribution in [0, 0.1) is 0 Å². The van der Waals surface area contributed by atoms with E-state index in [1.807, 2.05) is 25.0 Å². The molecule has 0 fully saturated rings. The van der Waals surface area contributed by atoms with Crippen molar-refractivity contribution in [3.63, 3.8) is 0 Å². The van der Waals surface area contributed by atoms with Crippen molar-refractivity contribution >= 4 is 11.5 Å². The molecule has 1 atom stereocenters. The van der Waals surface area contributed by atoms with Gasteiger partial charge in [0.2, 0.25) is 0 Å². The molecule has 0 aliphatic rings. The molecule has 0 saturated heterocycles. The lowest BCUT2D eigenvalue weighted by Gasteiger charge is -2.21. The van der Waals surface area contributed by atoms with Gasteiger partial charge in [0, 0.05) is 24.7 Å². The third kappa shape index (κ3) is 3.43. The van der Waals surface area contributed by atoms with Crippen molar-refractivity contribution in [2.45, 2.75) is 45.1 Å². The number of nitrogens with one attached hydrogen (secondary N) is 1. The van der Waals surface area contributed by atoms with Gasteiger partial charge in [-0.1, -0.05) is 25.3 Å². The van der Waals surface area contributed by atoms with E-state index in [-0.39, 0.29) is 5.41 Å². The third-order valence-corrected chi connectivity index (χ3v) is 4.21. The van der Waals surface area contributed by atoms with E-state index in [9.17, 15) is 0 Å². The van der Waals surface area contributed by atoms with Crippen LogP contribution >= 0.6 is 11.5 Å². The first-order valence-corrected chi connectivity index (χ1v) is 7.66. The number of hydrogen-bond acceptors (Lipinski definition) is 5. The van der Waals surface area contributed by atoms with Gasteiger partial charge in [0.15, 0.2) is 0 Å². The summed E-state index contributed by atoms with van der Waals surface area (Å²) in [7, 11) is 3.95. The Bertz CT molecular complexity index is 552. The average molecular weight is 293 g/mol. The first-order valence-electron chi connectivity index (χ1n) is 6.89. The van der Waals surface area contributed by atoms with Crippen molar-refractivity contribution in [2.24, 2.45) is 7.05 Å². The van der Waals surface area contributed by atoms with Gasteiger partial charge in [-0.25, -0.2) is 0 Å². The van der Waals surface area contributed by atoms with Crippen LogP contribution in [0.4, 0.5) is 0 Å². The molecule has 1 N–H and O–H groups in total. The first kappa shape index (κ1) is 15.1. The maximum absolute atomic E-state index is 4.33. The Morgan fingerprint density at radius 1 is 1.40 bits per heavy atom. The molecule has 2 heterocycles. The van der Waals surface area contributed by atoms with Crippen molar-refractivity contribution in [1.82, 2.24) is 24.7 Å². The monoisotopic (exact) mass is 293 g/mol. The Morgan fingerprint density at radius 3 is 2.70 bits per heavy atom. The largest absolute Gasteiger partial charge is 0.312 e. The summed E-state index contributed by atoms with van der Waals surface area (Å²) in [6, 6.07) is 0.296. The molecule has 2 aromatic rings. The Kier molecular flexibility index (Phi) is 4.55. The molecule has 0 aliphatic heterocycles. The van der Waals surface area contributed by atoms with Crippen molar-refractivity contribution in [3.8, 4) is 0 Å². The van der Waals surface area contributed by atoms with E-state index in [0.717, 1.165) is 18.5 Å². The Hall–Kier alpha value is -1.27. The first-order chi connectivity index (χ1) is 9.41. The van der Waals surface area contributed by atoms with E-state index in [1.54, 1.807) is 0 Å². The molecule has 2 rings (SSSR count). The molecular weight excluding hydrogens is 270 g/mol. The smallest absolute Gasteiger partial charge is 0.0857 e. The third-order valence-electron chi connectivity index (χ3n) is 3.37. The number of hydrogen-bond donors (Lipinski definition) is 1. The van der Waals surface area contributed by atoms with Gasteiger partial charge in [-0.3, -0.25) is 4.68 Å². The molecule has 0 amide bonds. The molecule has 5 nitrogen and oxygen atoms in total. The fourth-order valence-corrected chi connectivity index (χ4v) is 3.27. The standard InChI is InChI=1S/C14H23N5S/c1-14(2,3)13-12(20-18-17-13)11(15-4)7-6-10-8-16-19(5)9-10/h8-9,11,15H,6-7H2,1-5H3. The normalized spacial score (nSPS) is 13.7. The minimum Gasteiger partial charge on any atom is -0.312 e. The molecule has 2 aromatic heterocycles. The lowest BCUT2D eigenvalue weighted by Crippen LogP contribution is -2.22. The Balaban J connectivity index is 2.11. The quantitative estimate of drug-likeness (QED) is 0.920. The molecule has 1 unspecified atom stereocenters. The van der Waals surface area contributed by atoms with Crippen molar-refractivity contribution < 1.29 is 0 Å². The van der Waals surface area contributed by atoms with E-state index < -0.39 is 0 Å². The SMILES string of the molecule is CNC(CCc1cnn(C)c1)c1snnc1C(C)(C)C. The van der Waals surface area contributed by atoms with Crippen LogP contribution < -0.4 is 5.32 Å². The van der Waals surface area contributed by atoms with Crippen LogP contribution in [-0.2, 0) is 18.9 Å². The van der Waals surface area contributed by atoms with Gasteiger partial charge in [0.25, 0.3) is 0 Å². The van der Waals surface area contributed by atoms with Gasteiger partial charge in [-0.2, -0.15) is 5.10 Å². The van der Waals surface area contributed by atoms with Crippen LogP contribution in [0.15, 0.2) is 12.4 Å². The summed E-state index contributed by atoms with van der Waals surface area (Å²) in [4.78, 5) is 1.25. The zero-order chi connectivity index (χ0) is 14.8. The average Bonchev–Trinajstić information content (AvgIpc) is 2.98. The lowest BCUT2D eigenvalue weighted by molar-refractivity contribution is 0.514. The van der Waals surface area contributed by atoms with E-state index >= 15 is 0 Å². The van der Waals surface area contributed by atoms with Gasteiger partial charge in [-0.05, 0) is 37.0 Å². The van der Waals surface area contributed by atoms with Crippen LogP contribution in [0.2, 0.25) is 0 Å². The van der Waals surface area contributed by atoms with Gasteiger partial charge in [-0.15, -0.1) is 5.10 Å². The van der Waals surface area contributed by atoms with Crippen molar-refractivity contribution in [2.75, 3.05) is 7.05 Å². The zero-order valence-corrected chi connectivity index (χ0v) is 13.7.